The maximum atomic E-state index is 12.8. The van der Waals surface area contributed by atoms with Crippen molar-refractivity contribution in [1.82, 2.24) is 0 Å². The van der Waals surface area contributed by atoms with Crippen LogP contribution in [0.25, 0.3) is 0 Å². The van der Waals surface area contributed by atoms with Crippen molar-refractivity contribution in [2.75, 3.05) is 6.61 Å². The summed E-state index contributed by atoms with van der Waals surface area (Å²) in [6.07, 6.45) is 2.24. The minimum atomic E-state index is -1.13. The molecule has 7 nitrogen and oxygen atoms in total. The Hall–Kier alpha value is -1.77. The fourth-order valence-electron chi connectivity index (χ4n) is 4.74. The molecule has 2 heterocycles. The van der Waals surface area contributed by atoms with E-state index in [1.54, 1.807) is 30.3 Å². The van der Waals surface area contributed by atoms with Crippen LogP contribution < -0.4 is 0 Å². The number of aliphatic hydroxyl groups excluding tert-OH is 2. The number of carbonyl (C=O) groups excluding carboxylic acids is 1. The van der Waals surface area contributed by atoms with Gasteiger partial charge in [-0.05, 0) is 31.4 Å². The fourth-order valence-corrected chi connectivity index (χ4v) is 4.74. The summed E-state index contributed by atoms with van der Waals surface area (Å²) in [7, 11) is 0. The van der Waals surface area contributed by atoms with Crippen LogP contribution in [0, 0.1) is 0 Å². The molecule has 1 saturated carbocycles. The van der Waals surface area contributed by atoms with E-state index >= 15 is 0 Å². The lowest BCUT2D eigenvalue weighted by Crippen LogP contribution is -2.61. The second-order valence-corrected chi connectivity index (χ2v) is 8.29. The number of aliphatic hydroxyl groups is 2. The Morgan fingerprint density at radius 3 is 2.57 bits per heavy atom. The van der Waals surface area contributed by atoms with Crippen molar-refractivity contribution in [3.05, 3.63) is 48.6 Å². The highest BCUT2D eigenvalue weighted by Gasteiger charge is 2.60. The average molecular weight is 418 g/mol. The first-order chi connectivity index (χ1) is 14.6. The van der Waals surface area contributed by atoms with E-state index in [1.807, 2.05) is 6.07 Å². The lowest BCUT2D eigenvalue weighted by Gasteiger charge is -2.42. The van der Waals surface area contributed by atoms with Crippen LogP contribution in [-0.4, -0.2) is 65.2 Å². The molecule has 2 saturated heterocycles. The van der Waals surface area contributed by atoms with E-state index in [9.17, 15) is 15.0 Å². The van der Waals surface area contributed by atoms with Crippen molar-refractivity contribution >= 4 is 5.97 Å². The number of hydrogen-bond acceptors (Lipinski definition) is 7. The van der Waals surface area contributed by atoms with Crippen molar-refractivity contribution < 1.29 is 34.0 Å². The molecule has 1 spiro atoms. The summed E-state index contributed by atoms with van der Waals surface area (Å²) in [5.74, 6) is -1.23. The predicted molar refractivity (Wildman–Crippen MR) is 108 cm³/mol. The number of carbonyl (C=O) groups is 1. The van der Waals surface area contributed by atoms with E-state index in [0.717, 1.165) is 32.1 Å². The van der Waals surface area contributed by atoms with E-state index in [4.69, 9.17) is 18.9 Å². The van der Waals surface area contributed by atoms with Crippen LogP contribution in [0.3, 0.4) is 0 Å². The first kappa shape index (κ1) is 21.5. The highest BCUT2D eigenvalue weighted by atomic mass is 16.8. The summed E-state index contributed by atoms with van der Waals surface area (Å²) in [6, 6.07) is 8.77. The lowest BCUT2D eigenvalue weighted by molar-refractivity contribution is -0.217. The predicted octanol–water partition coefficient (Wildman–Crippen LogP) is 2.35. The van der Waals surface area contributed by atoms with Crippen LogP contribution in [0.15, 0.2) is 43.0 Å². The quantitative estimate of drug-likeness (QED) is 0.541. The average Bonchev–Trinajstić information content (AvgIpc) is 3.14. The number of rotatable bonds is 6. The molecule has 30 heavy (non-hydrogen) atoms. The normalized spacial score (nSPS) is 33.6. The minimum absolute atomic E-state index is 0.404. The number of benzene rings is 1. The Morgan fingerprint density at radius 1 is 1.20 bits per heavy atom. The van der Waals surface area contributed by atoms with Crippen molar-refractivity contribution in [2.24, 2.45) is 0 Å². The molecule has 1 aromatic rings. The third kappa shape index (κ3) is 4.18. The van der Waals surface area contributed by atoms with Gasteiger partial charge in [0.25, 0.3) is 0 Å². The van der Waals surface area contributed by atoms with Crippen molar-refractivity contribution in [3.8, 4) is 0 Å². The summed E-state index contributed by atoms with van der Waals surface area (Å²) in [5, 5.41) is 20.0. The number of esters is 1. The molecule has 2 unspecified atom stereocenters. The van der Waals surface area contributed by atoms with E-state index < -0.39 is 55.0 Å². The van der Waals surface area contributed by atoms with Crippen molar-refractivity contribution in [2.45, 2.75) is 80.9 Å². The second-order valence-electron chi connectivity index (χ2n) is 8.29. The third-order valence-electron chi connectivity index (χ3n) is 6.20. The molecular weight excluding hydrogens is 388 g/mol. The largest absolute Gasteiger partial charge is 0.453 e. The van der Waals surface area contributed by atoms with Crippen LogP contribution >= 0.6 is 0 Å². The van der Waals surface area contributed by atoms with E-state index in [-0.39, 0.29) is 0 Å². The van der Waals surface area contributed by atoms with Gasteiger partial charge in [0.05, 0.1) is 12.2 Å². The molecule has 2 N–H and O–H groups in total. The Balaban J connectivity index is 1.62. The van der Waals surface area contributed by atoms with Gasteiger partial charge in [-0.25, -0.2) is 4.79 Å². The highest BCUT2D eigenvalue weighted by Crippen LogP contribution is 2.46. The molecular formula is C23H30O7. The molecule has 0 bridgehead atoms. The summed E-state index contributed by atoms with van der Waals surface area (Å²) in [4.78, 5) is 12.8. The first-order valence-corrected chi connectivity index (χ1v) is 10.7. The Morgan fingerprint density at radius 2 is 1.90 bits per heavy atom. The molecule has 0 radical (unpaired) electrons. The molecule has 3 fully saturated rings. The molecule has 164 valence electrons. The van der Waals surface area contributed by atoms with Gasteiger partial charge in [0.2, 0.25) is 0 Å². The van der Waals surface area contributed by atoms with Crippen LogP contribution in [-0.2, 0) is 18.9 Å². The summed E-state index contributed by atoms with van der Waals surface area (Å²) >= 11 is 0. The van der Waals surface area contributed by atoms with Crippen LogP contribution in [0.5, 0.6) is 0 Å². The maximum absolute atomic E-state index is 12.8. The maximum Gasteiger partial charge on any atom is 0.338 e. The Kier molecular flexibility index (Phi) is 6.55. The summed E-state index contributed by atoms with van der Waals surface area (Å²) < 4.78 is 24.8. The fraction of sp³-hybridized carbons (Fsp3) is 0.609. The van der Waals surface area contributed by atoms with Gasteiger partial charge >= 0.3 is 5.97 Å². The van der Waals surface area contributed by atoms with Gasteiger partial charge in [0, 0.05) is 12.8 Å². The molecule has 7 heteroatoms. The highest BCUT2D eigenvalue weighted by molar-refractivity contribution is 5.89. The number of ether oxygens (including phenoxy) is 4. The monoisotopic (exact) mass is 418 g/mol. The Bertz CT molecular complexity index is 730. The zero-order valence-electron chi connectivity index (χ0n) is 17.0. The van der Waals surface area contributed by atoms with Gasteiger partial charge < -0.3 is 29.2 Å². The smallest absolute Gasteiger partial charge is 0.338 e. The van der Waals surface area contributed by atoms with Gasteiger partial charge in [-0.3, -0.25) is 0 Å². The number of hydrogen-bond donors (Lipinski definition) is 2. The molecule has 2 aliphatic heterocycles. The van der Waals surface area contributed by atoms with Gasteiger partial charge in [-0.1, -0.05) is 30.7 Å². The van der Waals surface area contributed by atoms with Gasteiger partial charge in [-0.15, -0.1) is 6.58 Å². The standard InChI is InChI=1S/C23H30O7/c1-2-9-17-19(28-22(26)15-10-5-3-6-11-15)21-20(18(27-17)16(25)14-24)29-23(30-21)12-7-4-8-13-23/h2-3,5-6,10-11,16-21,24-25H,1,4,7-9,12-14H2/t16-,17?,18+,19+,20-,21?/m1/s1. The van der Waals surface area contributed by atoms with Crippen LogP contribution in [0.4, 0.5) is 0 Å². The van der Waals surface area contributed by atoms with E-state index in [1.165, 1.54) is 0 Å². The lowest BCUT2D eigenvalue weighted by atomic mass is 9.91. The minimum Gasteiger partial charge on any atom is -0.453 e. The zero-order valence-corrected chi connectivity index (χ0v) is 17.0. The molecule has 1 aromatic carbocycles. The first-order valence-electron chi connectivity index (χ1n) is 10.7. The molecule has 0 amide bonds. The molecule has 1 aliphatic carbocycles. The SMILES string of the molecule is C=CCC1O[C@@H]([C@H](O)CO)[C@H]2OC3(CCCCC3)OC2[C@H]1OC(=O)c1ccccc1. The van der Waals surface area contributed by atoms with Gasteiger partial charge in [-0.2, -0.15) is 0 Å². The summed E-state index contributed by atoms with van der Waals surface area (Å²) in [6.45, 7) is 3.32. The van der Waals surface area contributed by atoms with E-state index in [2.05, 4.69) is 6.58 Å². The molecule has 6 atom stereocenters. The van der Waals surface area contributed by atoms with Gasteiger partial charge in [0.1, 0.15) is 30.5 Å². The molecule has 4 rings (SSSR count). The summed E-state index contributed by atoms with van der Waals surface area (Å²) in [5.41, 5.74) is 0.440. The molecule has 3 aliphatic rings. The van der Waals surface area contributed by atoms with E-state index in [0.29, 0.717) is 12.0 Å². The molecule has 0 aromatic heterocycles. The topological polar surface area (TPSA) is 94.5 Å². The van der Waals surface area contributed by atoms with Gasteiger partial charge in [0.15, 0.2) is 11.9 Å². The Labute approximate surface area is 176 Å². The van der Waals surface area contributed by atoms with Crippen LogP contribution in [0.1, 0.15) is 48.9 Å². The van der Waals surface area contributed by atoms with Crippen molar-refractivity contribution in [3.63, 3.8) is 0 Å². The van der Waals surface area contributed by atoms with Crippen LogP contribution in [0.2, 0.25) is 0 Å². The third-order valence-corrected chi connectivity index (χ3v) is 6.20. The number of fused-ring (bicyclic) bond motifs is 1. The zero-order chi connectivity index (χ0) is 21.1. The van der Waals surface area contributed by atoms with Crippen molar-refractivity contribution in [1.29, 1.82) is 0 Å². The second kappa shape index (κ2) is 9.16.